The summed E-state index contributed by atoms with van der Waals surface area (Å²) in [6.45, 7) is 9.44. The number of aromatic nitrogens is 1. The van der Waals surface area contributed by atoms with E-state index in [1.807, 2.05) is 27.7 Å². The summed E-state index contributed by atoms with van der Waals surface area (Å²) in [5.74, 6) is -0.657. The average molecular weight is 381 g/mol. The summed E-state index contributed by atoms with van der Waals surface area (Å²) < 4.78 is 25.5. The lowest BCUT2D eigenvalue weighted by Crippen LogP contribution is -2.46. The number of benzene rings is 1. The zero-order valence-corrected chi connectivity index (χ0v) is 16.2. The van der Waals surface area contributed by atoms with Crippen molar-refractivity contribution in [3.63, 3.8) is 0 Å². The Kier molecular flexibility index (Phi) is 4.61. The van der Waals surface area contributed by atoms with Crippen molar-refractivity contribution in [3.05, 3.63) is 40.4 Å². The molecule has 2 aromatic rings. The van der Waals surface area contributed by atoms with Crippen LogP contribution >= 0.6 is 11.6 Å². The van der Waals surface area contributed by atoms with E-state index in [1.54, 1.807) is 13.0 Å². The van der Waals surface area contributed by atoms with Gasteiger partial charge in [-0.2, -0.15) is 0 Å². The van der Waals surface area contributed by atoms with Crippen molar-refractivity contribution in [2.24, 2.45) is 0 Å². The van der Waals surface area contributed by atoms with E-state index in [-0.39, 0.29) is 33.5 Å². The zero-order valence-electron chi connectivity index (χ0n) is 15.4. The molecule has 1 unspecified atom stereocenters. The summed E-state index contributed by atoms with van der Waals surface area (Å²) in [5, 5.41) is 7.03. The minimum atomic E-state index is -0.564. The predicted octanol–water partition coefficient (Wildman–Crippen LogP) is 4.52. The van der Waals surface area contributed by atoms with E-state index < -0.39 is 17.3 Å². The quantitative estimate of drug-likeness (QED) is 0.850. The molecule has 0 aliphatic carbocycles. The van der Waals surface area contributed by atoms with Crippen LogP contribution in [0.15, 0.2) is 22.7 Å². The van der Waals surface area contributed by atoms with Gasteiger partial charge in [-0.25, -0.2) is 4.39 Å². The Hall–Kier alpha value is -1.92. The van der Waals surface area contributed by atoms with Gasteiger partial charge >= 0.3 is 0 Å². The van der Waals surface area contributed by atoms with Gasteiger partial charge in [0.1, 0.15) is 22.8 Å². The molecular formula is C19H22ClFN2O3. The van der Waals surface area contributed by atoms with Gasteiger partial charge in [0, 0.05) is 0 Å². The SMILES string of the molecule is Cc1onc(-c2c(F)cccc2Cl)c1C(=O)NC1CC(C)(C)OC1(C)C. The third-order valence-electron chi connectivity index (χ3n) is 4.67. The molecule has 1 saturated heterocycles. The van der Waals surface area contributed by atoms with Crippen LogP contribution in [0.5, 0.6) is 0 Å². The van der Waals surface area contributed by atoms with Gasteiger partial charge in [-0.15, -0.1) is 0 Å². The smallest absolute Gasteiger partial charge is 0.257 e. The Morgan fingerprint density at radius 2 is 2.04 bits per heavy atom. The van der Waals surface area contributed by atoms with E-state index in [4.69, 9.17) is 20.9 Å². The highest BCUT2D eigenvalue weighted by atomic mass is 35.5. The first-order valence-electron chi connectivity index (χ1n) is 8.43. The summed E-state index contributed by atoms with van der Waals surface area (Å²) in [7, 11) is 0. The molecule has 1 aliphatic rings. The highest BCUT2D eigenvalue weighted by molar-refractivity contribution is 6.33. The van der Waals surface area contributed by atoms with E-state index in [2.05, 4.69) is 10.5 Å². The van der Waals surface area contributed by atoms with E-state index in [0.717, 1.165) is 0 Å². The van der Waals surface area contributed by atoms with Gasteiger partial charge in [-0.1, -0.05) is 22.8 Å². The topological polar surface area (TPSA) is 64.4 Å². The first-order valence-corrected chi connectivity index (χ1v) is 8.81. The summed E-state index contributed by atoms with van der Waals surface area (Å²) >= 11 is 6.13. The number of ether oxygens (including phenoxy) is 1. The maximum absolute atomic E-state index is 14.3. The Bertz CT molecular complexity index is 840. The highest BCUT2D eigenvalue weighted by Gasteiger charge is 2.47. The second-order valence-electron chi connectivity index (χ2n) is 7.75. The average Bonchev–Trinajstić information content (AvgIpc) is 2.95. The van der Waals surface area contributed by atoms with Crippen molar-refractivity contribution >= 4 is 17.5 Å². The maximum atomic E-state index is 14.3. The highest BCUT2D eigenvalue weighted by Crippen LogP contribution is 2.38. The number of hydrogen-bond donors (Lipinski definition) is 1. The molecular weight excluding hydrogens is 359 g/mol. The first kappa shape index (κ1) is 18.9. The van der Waals surface area contributed by atoms with Crippen molar-refractivity contribution in [1.82, 2.24) is 10.5 Å². The second-order valence-corrected chi connectivity index (χ2v) is 8.16. The summed E-state index contributed by atoms with van der Waals surface area (Å²) in [5.41, 5.74) is -0.543. The summed E-state index contributed by atoms with van der Waals surface area (Å²) in [4.78, 5) is 13.0. The van der Waals surface area contributed by atoms with E-state index >= 15 is 0 Å². The van der Waals surface area contributed by atoms with Crippen molar-refractivity contribution in [3.8, 4) is 11.3 Å². The van der Waals surface area contributed by atoms with Gasteiger partial charge in [0.25, 0.3) is 5.91 Å². The van der Waals surface area contributed by atoms with Crippen molar-refractivity contribution in [1.29, 1.82) is 0 Å². The molecule has 0 saturated carbocycles. The van der Waals surface area contributed by atoms with Gasteiger partial charge in [-0.05, 0) is 53.2 Å². The summed E-state index contributed by atoms with van der Waals surface area (Å²) in [6, 6.07) is 4.10. The standard InChI is InChI=1S/C19H22ClFN2O3/c1-10-14(16(23-25-10)15-11(20)7-6-8-12(15)21)17(24)22-13-9-18(2,3)26-19(13,4)5/h6-8,13H,9H2,1-5H3,(H,22,24). The van der Waals surface area contributed by atoms with Gasteiger partial charge < -0.3 is 14.6 Å². The lowest BCUT2D eigenvalue weighted by Gasteiger charge is -2.27. The molecule has 1 aromatic carbocycles. The number of aryl methyl sites for hydroxylation is 1. The van der Waals surface area contributed by atoms with Crippen LogP contribution in [0.1, 0.15) is 50.2 Å². The maximum Gasteiger partial charge on any atom is 0.257 e. The molecule has 2 heterocycles. The van der Waals surface area contributed by atoms with Crippen LogP contribution in [0.2, 0.25) is 5.02 Å². The molecule has 26 heavy (non-hydrogen) atoms. The van der Waals surface area contributed by atoms with Crippen LogP contribution in [0.3, 0.4) is 0 Å². The minimum Gasteiger partial charge on any atom is -0.367 e. The lowest BCUT2D eigenvalue weighted by molar-refractivity contribution is -0.0693. The van der Waals surface area contributed by atoms with Crippen LogP contribution in [-0.2, 0) is 4.74 Å². The van der Waals surface area contributed by atoms with Gasteiger partial charge in [-0.3, -0.25) is 4.79 Å². The molecule has 1 amide bonds. The molecule has 3 rings (SSSR count). The molecule has 0 bridgehead atoms. The zero-order chi connectivity index (χ0) is 19.3. The van der Waals surface area contributed by atoms with Gasteiger partial charge in [0.15, 0.2) is 0 Å². The van der Waals surface area contributed by atoms with Crippen LogP contribution in [0.25, 0.3) is 11.3 Å². The number of nitrogens with one attached hydrogen (secondary N) is 1. The molecule has 0 radical (unpaired) electrons. The fraction of sp³-hybridized carbons (Fsp3) is 0.474. The number of halogens is 2. The molecule has 1 aliphatic heterocycles. The van der Waals surface area contributed by atoms with Crippen LogP contribution < -0.4 is 5.32 Å². The van der Waals surface area contributed by atoms with Gasteiger partial charge in [0.05, 0.1) is 27.8 Å². The molecule has 1 atom stereocenters. The second kappa shape index (κ2) is 6.35. The minimum absolute atomic E-state index is 0.0541. The van der Waals surface area contributed by atoms with Crippen LogP contribution in [-0.4, -0.2) is 28.3 Å². The van der Waals surface area contributed by atoms with E-state index in [1.165, 1.54) is 12.1 Å². The van der Waals surface area contributed by atoms with Crippen molar-refractivity contribution < 1.29 is 18.4 Å². The monoisotopic (exact) mass is 380 g/mol. The van der Waals surface area contributed by atoms with E-state index in [9.17, 15) is 9.18 Å². The van der Waals surface area contributed by atoms with Crippen LogP contribution in [0, 0.1) is 12.7 Å². The Labute approximate surface area is 156 Å². The third kappa shape index (κ3) is 3.35. The predicted molar refractivity (Wildman–Crippen MR) is 96.8 cm³/mol. The lowest BCUT2D eigenvalue weighted by atomic mass is 9.94. The van der Waals surface area contributed by atoms with Crippen molar-refractivity contribution in [2.75, 3.05) is 0 Å². The number of amides is 1. The molecule has 1 fully saturated rings. The third-order valence-corrected chi connectivity index (χ3v) is 4.98. The van der Waals surface area contributed by atoms with Crippen LogP contribution in [0.4, 0.5) is 4.39 Å². The Morgan fingerprint density at radius 1 is 1.35 bits per heavy atom. The molecule has 7 heteroatoms. The number of hydrogen-bond acceptors (Lipinski definition) is 4. The van der Waals surface area contributed by atoms with Gasteiger partial charge in [0.2, 0.25) is 0 Å². The Morgan fingerprint density at radius 3 is 2.62 bits per heavy atom. The molecule has 0 spiro atoms. The number of carbonyl (C=O) groups is 1. The fourth-order valence-electron chi connectivity index (χ4n) is 3.55. The summed E-state index contributed by atoms with van der Waals surface area (Å²) in [6.07, 6.45) is 0.659. The normalized spacial score (nSPS) is 21.0. The number of rotatable bonds is 3. The van der Waals surface area contributed by atoms with E-state index in [0.29, 0.717) is 12.2 Å². The Balaban J connectivity index is 1.96. The molecule has 140 valence electrons. The number of nitrogens with zero attached hydrogens (tertiary/aromatic N) is 1. The molecule has 5 nitrogen and oxygen atoms in total. The van der Waals surface area contributed by atoms with Crippen molar-refractivity contribution in [2.45, 2.75) is 58.3 Å². The molecule has 1 aromatic heterocycles. The largest absolute Gasteiger partial charge is 0.367 e. The number of carbonyl (C=O) groups excluding carboxylic acids is 1. The first-order chi connectivity index (χ1) is 12.0. The molecule has 1 N–H and O–H groups in total. The fourth-order valence-corrected chi connectivity index (χ4v) is 3.80.